The highest BCUT2D eigenvalue weighted by Gasteiger charge is 2.17. The lowest BCUT2D eigenvalue weighted by Crippen LogP contribution is -2.39. The van der Waals surface area contributed by atoms with E-state index in [2.05, 4.69) is 10.6 Å². The van der Waals surface area contributed by atoms with Crippen molar-refractivity contribution in [3.05, 3.63) is 29.8 Å². The second-order valence-corrected chi connectivity index (χ2v) is 4.91. The summed E-state index contributed by atoms with van der Waals surface area (Å²) < 4.78 is 0. The maximum absolute atomic E-state index is 11.8. The monoisotopic (exact) mass is 293 g/mol. The van der Waals surface area contributed by atoms with Crippen molar-refractivity contribution in [1.82, 2.24) is 5.32 Å². The molecule has 0 spiro atoms. The van der Waals surface area contributed by atoms with Crippen LogP contribution in [0.25, 0.3) is 0 Å². The lowest BCUT2D eigenvalue weighted by atomic mass is 10.0. The highest BCUT2D eigenvalue weighted by atomic mass is 16.4. The van der Waals surface area contributed by atoms with Gasteiger partial charge in [0.05, 0.1) is 6.04 Å². The van der Waals surface area contributed by atoms with Gasteiger partial charge in [-0.1, -0.05) is 13.8 Å². The van der Waals surface area contributed by atoms with Crippen LogP contribution in [0.3, 0.4) is 0 Å². The van der Waals surface area contributed by atoms with Gasteiger partial charge in [0.1, 0.15) is 6.54 Å². The van der Waals surface area contributed by atoms with Crippen molar-refractivity contribution >= 4 is 23.5 Å². The predicted molar refractivity (Wildman–Crippen MR) is 77.9 cm³/mol. The Bertz CT molecular complexity index is 526. The van der Waals surface area contributed by atoms with Gasteiger partial charge in [-0.15, -0.1) is 0 Å². The summed E-state index contributed by atoms with van der Waals surface area (Å²) in [6, 6.07) is 5.49. The number of carboxylic acids is 1. The fourth-order valence-electron chi connectivity index (χ4n) is 1.49. The number of amides is 2. The number of carboxylic acid groups (broad SMARTS) is 1. The minimum atomic E-state index is -1.12. The van der Waals surface area contributed by atoms with Crippen molar-refractivity contribution < 1.29 is 19.5 Å². The Labute approximate surface area is 122 Å². The van der Waals surface area contributed by atoms with Crippen LogP contribution in [0, 0.1) is 5.92 Å². The van der Waals surface area contributed by atoms with E-state index < -0.39 is 24.5 Å². The van der Waals surface area contributed by atoms with Crippen LogP contribution in [-0.2, 0) is 9.59 Å². The van der Waals surface area contributed by atoms with E-state index >= 15 is 0 Å². The van der Waals surface area contributed by atoms with Crippen molar-refractivity contribution in [2.75, 3.05) is 11.9 Å². The van der Waals surface area contributed by atoms with Gasteiger partial charge in [-0.05, 0) is 30.2 Å². The van der Waals surface area contributed by atoms with Gasteiger partial charge in [0.15, 0.2) is 0 Å². The molecule has 2 amide bonds. The summed E-state index contributed by atoms with van der Waals surface area (Å²) in [4.78, 5) is 33.7. The van der Waals surface area contributed by atoms with E-state index in [1.165, 1.54) is 12.1 Å². The molecule has 0 saturated carbocycles. The van der Waals surface area contributed by atoms with Gasteiger partial charge in [-0.2, -0.15) is 0 Å². The normalized spacial score (nSPS) is 11.8. The van der Waals surface area contributed by atoms with E-state index in [1.54, 1.807) is 12.1 Å². The molecule has 7 nitrogen and oxygen atoms in total. The van der Waals surface area contributed by atoms with Gasteiger partial charge >= 0.3 is 5.97 Å². The third-order valence-corrected chi connectivity index (χ3v) is 2.84. The topological polar surface area (TPSA) is 122 Å². The van der Waals surface area contributed by atoms with Crippen LogP contribution in [0.2, 0.25) is 0 Å². The summed E-state index contributed by atoms with van der Waals surface area (Å²) in [5.41, 5.74) is 6.55. The highest BCUT2D eigenvalue weighted by molar-refractivity contribution is 5.97. The molecular formula is C14H19N3O4. The number of rotatable bonds is 6. The number of hydrogen-bond acceptors (Lipinski definition) is 4. The van der Waals surface area contributed by atoms with Gasteiger partial charge in [0.25, 0.3) is 5.91 Å². The van der Waals surface area contributed by atoms with E-state index in [-0.39, 0.29) is 11.8 Å². The van der Waals surface area contributed by atoms with Crippen molar-refractivity contribution in [3.63, 3.8) is 0 Å². The molecule has 0 radical (unpaired) electrons. The van der Waals surface area contributed by atoms with Gasteiger partial charge in [0.2, 0.25) is 5.91 Å². The van der Waals surface area contributed by atoms with Gasteiger partial charge in [0, 0.05) is 11.3 Å². The molecule has 0 saturated heterocycles. The summed E-state index contributed by atoms with van der Waals surface area (Å²) >= 11 is 0. The van der Waals surface area contributed by atoms with Crippen molar-refractivity contribution in [1.29, 1.82) is 0 Å². The second kappa shape index (κ2) is 7.39. The molecule has 1 atom stereocenters. The van der Waals surface area contributed by atoms with E-state index in [4.69, 9.17) is 10.8 Å². The molecule has 0 fully saturated rings. The van der Waals surface area contributed by atoms with Gasteiger partial charge in [-0.3, -0.25) is 14.4 Å². The minimum absolute atomic E-state index is 0.0195. The Morgan fingerprint density at radius 3 is 2.24 bits per heavy atom. The number of anilines is 1. The average Bonchev–Trinajstić information content (AvgIpc) is 2.44. The smallest absolute Gasteiger partial charge is 0.322 e. The van der Waals surface area contributed by atoms with Gasteiger partial charge < -0.3 is 21.5 Å². The van der Waals surface area contributed by atoms with Gasteiger partial charge in [-0.25, -0.2) is 0 Å². The lowest BCUT2D eigenvalue weighted by Gasteiger charge is -2.15. The molecule has 0 aliphatic carbocycles. The molecule has 7 heteroatoms. The Balaban J connectivity index is 2.64. The third kappa shape index (κ3) is 5.23. The summed E-state index contributed by atoms with van der Waals surface area (Å²) in [7, 11) is 0. The molecule has 1 rings (SSSR count). The number of hydrogen-bond donors (Lipinski definition) is 4. The third-order valence-electron chi connectivity index (χ3n) is 2.84. The number of aliphatic carboxylic acids is 1. The molecule has 0 aliphatic heterocycles. The van der Waals surface area contributed by atoms with Crippen LogP contribution in [0.5, 0.6) is 0 Å². The molecular weight excluding hydrogens is 274 g/mol. The van der Waals surface area contributed by atoms with Crippen LogP contribution >= 0.6 is 0 Å². The Morgan fingerprint density at radius 2 is 1.76 bits per heavy atom. The van der Waals surface area contributed by atoms with E-state index in [0.717, 1.165) is 0 Å². The Hall–Kier alpha value is -2.41. The second-order valence-electron chi connectivity index (χ2n) is 4.91. The molecule has 1 aromatic carbocycles. The van der Waals surface area contributed by atoms with E-state index in [9.17, 15) is 14.4 Å². The first kappa shape index (κ1) is 16.6. The fourth-order valence-corrected chi connectivity index (χ4v) is 1.49. The molecule has 0 aromatic heterocycles. The number of nitrogens with one attached hydrogen (secondary N) is 2. The quantitative estimate of drug-likeness (QED) is 0.605. The maximum atomic E-state index is 11.8. The number of nitrogens with two attached hydrogens (primary N) is 1. The molecule has 0 heterocycles. The maximum Gasteiger partial charge on any atom is 0.322 e. The summed E-state index contributed by atoms with van der Waals surface area (Å²) in [6.45, 7) is 3.25. The molecule has 0 aliphatic rings. The summed E-state index contributed by atoms with van der Waals surface area (Å²) in [5, 5.41) is 13.4. The zero-order valence-corrected chi connectivity index (χ0v) is 11.9. The molecule has 114 valence electrons. The first-order valence-electron chi connectivity index (χ1n) is 6.47. The first-order valence-corrected chi connectivity index (χ1v) is 6.47. The summed E-state index contributed by atoms with van der Waals surface area (Å²) in [6.07, 6.45) is 0. The highest BCUT2D eigenvalue weighted by Crippen LogP contribution is 2.11. The van der Waals surface area contributed by atoms with Crippen LogP contribution in [0.15, 0.2) is 24.3 Å². The minimum Gasteiger partial charge on any atom is -0.480 e. The predicted octanol–water partition coefficient (Wildman–Crippen LogP) is 0.423. The van der Waals surface area contributed by atoms with Crippen molar-refractivity contribution in [2.24, 2.45) is 11.7 Å². The average molecular weight is 293 g/mol. The number of carbonyl (C=O) groups is 3. The molecule has 21 heavy (non-hydrogen) atoms. The number of carbonyl (C=O) groups excluding carboxylic acids is 2. The SMILES string of the molecule is CC(C)[C@H](N)C(=O)Nc1ccc(C(=O)NCC(=O)O)cc1. The van der Waals surface area contributed by atoms with Crippen molar-refractivity contribution in [2.45, 2.75) is 19.9 Å². The van der Waals surface area contributed by atoms with Crippen LogP contribution in [0.1, 0.15) is 24.2 Å². The van der Waals surface area contributed by atoms with Crippen LogP contribution in [0.4, 0.5) is 5.69 Å². The van der Waals surface area contributed by atoms with Crippen LogP contribution in [-0.4, -0.2) is 35.5 Å². The van der Waals surface area contributed by atoms with E-state index in [0.29, 0.717) is 11.3 Å². The standard InChI is InChI=1S/C14H19N3O4/c1-8(2)12(15)14(21)17-10-5-3-9(4-6-10)13(20)16-7-11(18)19/h3-6,8,12H,7,15H2,1-2H3,(H,16,20)(H,17,21)(H,18,19)/t12-/m0/s1. The Morgan fingerprint density at radius 1 is 1.19 bits per heavy atom. The lowest BCUT2D eigenvalue weighted by molar-refractivity contribution is -0.135. The fraction of sp³-hybridized carbons (Fsp3) is 0.357. The zero-order valence-electron chi connectivity index (χ0n) is 11.9. The zero-order chi connectivity index (χ0) is 16.0. The first-order chi connectivity index (χ1) is 9.81. The molecule has 5 N–H and O–H groups in total. The largest absolute Gasteiger partial charge is 0.480 e. The number of benzene rings is 1. The Kier molecular flexibility index (Phi) is 5.86. The molecule has 1 aromatic rings. The molecule has 0 unspecified atom stereocenters. The van der Waals surface area contributed by atoms with Crippen molar-refractivity contribution in [3.8, 4) is 0 Å². The van der Waals surface area contributed by atoms with E-state index in [1.807, 2.05) is 13.8 Å². The molecule has 0 bridgehead atoms. The van der Waals surface area contributed by atoms with Crippen LogP contribution < -0.4 is 16.4 Å². The summed E-state index contributed by atoms with van der Waals surface area (Å²) in [5.74, 6) is -1.89.